The van der Waals surface area contributed by atoms with E-state index in [1.807, 2.05) is 76.2 Å². The molecule has 5 aromatic carbocycles. The number of carbonyl (C=O) groups is 4. The number of ether oxygens (including phenoxy) is 4. The van der Waals surface area contributed by atoms with Crippen molar-refractivity contribution in [1.29, 1.82) is 0 Å². The molecule has 0 aliphatic rings. The van der Waals surface area contributed by atoms with Crippen molar-refractivity contribution in [1.82, 2.24) is 0 Å². The molecule has 8 heteroatoms. The molecule has 0 amide bonds. The number of carbonyl (C=O) groups excluding carboxylic acids is 4. The average molecular weight is 783 g/mol. The summed E-state index contributed by atoms with van der Waals surface area (Å²) in [5.41, 5.74) is 11.5. The Morgan fingerprint density at radius 2 is 0.517 bits per heavy atom. The van der Waals surface area contributed by atoms with Crippen LogP contribution in [0.1, 0.15) is 101 Å². The van der Waals surface area contributed by atoms with Crippen LogP contribution in [0.5, 0.6) is 0 Å². The highest BCUT2D eigenvalue weighted by Crippen LogP contribution is 2.42. The summed E-state index contributed by atoms with van der Waals surface area (Å²) in [5.74, 6) is -0.858. The molecule has 0 aromatic heterocycles. The normalized spacial score (nSPS) is 10.8. The summed E-state index contributed by atoms with van der Waals surface area (Å²) in [6.45, 7) is 8.61. The van der Waals surface area contributed by atoms with Crippen LogP contribution in [0, 0.1) is 0 Å². The zero-order valence-electron chi connectivity index (χ0n) is 34.1. The van der Waals surface area contributed by atoms with Crippen LogP contribution in [0.3, 0.4) is 0 Å². The average Bonchev–Trinajstić information content (AvgIpc) is 3.24. The fourth-order valence-electron chi connectivity index (χ4n) is 6.44. The van der Waals surface area contributed by atoms with Gasteiger partial charge in [-0.2, -0.15) is 0 Å². The van der Waals surface area contributed by atoms with Crippen molar-refractivity contribution in [2.75, 3.05) is 0 Å². The fourth-order valence-corrected chi connectivity index (χ4v) is 6.44. The highest BCUT2D eigenvalue weighted by molar-refractivity contribution is 5.95. The molecule has 0 heterocycles. The smallest absolute Gasteiger partial charge is 0.306 e. The molecule has 5 rings (SSSR count). The monoisotopic (exact) mass is 782 g/mol. The molecule has 0 aliphatic carbocycles. The maximum absolute atomic E-state index is 12.1. The predicted molar refractivity (Wildman–Crippen MR) is 227 cm³/mol. The number of benzene rings is 5. The van der Waals surface area contributed by atoms with Gasteiger partial charge in [0.2, 0.25) is 0 Å². The van der Waals surface area contributed by atoms with E-state index in [4.69, 9.17) is 18.9 Å². The topological polar surface area (TPSA) is 105 Å². The fraction of sp³-hybridized carbons (Fsp3) is 0.320. The SMILES string of the molecule is CCCC(=O)OCc1ccc(-c2cc(-c3ccc(COC(=O)CCC)cc3)c(-c3ccc(COC(=O)CCC)cc3)cc2-c2ccc(COC(=O)CCC)cc2)cc1. The molecular weight excluding hydrogens is 729 g/mol. The minimum absolute atomic E-state index is 0.203. The largest absolute Gasteiger partial charge is 0.461 e. The Balaban J connectivity index is 1.60. The molecular formula is C50H54O8. The summed E-state index contributed by atoms with van der Waals surface area (Å²) in [5, 5.41) is 0. The second-order valence-corrected chi connectivity index (χ2v) is 14.4. The van der Waals surface area contributed by atoms with Gasteiger partial charge in [0, 0.05) is 25.7 Å². The quantitative estimate of drug-likeness (QED) is 0.0567. The van der Waals surface area contributed by atoms with Gasteiger partial charge >= 0.3 is 23.9 Å². The van der Waals surface area contributed by atoms with Gasteiger partial charge in [-0.05, 0) is 105 Å². The van der Waals surface area contributed by atoms with Crippen LogP contribution >= 0.6 is 0 Å². The van der Waals surface area contributed by atoms with Crippen LogP contribution in [0.4, 0.5) is 0 Å². The first-order chi connectivity index (χ1) is 28.2. The maximum Gasteiger partial charge on any atom is 0.306 e. The van der Waals surface area contributed by atoms with Crippen LogP contribution in [0.15, 0.2) is 109 Å². The molecule has 0 spiro atoms. The van der Waals surface area contributed by atoms with E-state index >= 15 is 0 Å². The zero-order valence-corrected chi connectivity index (χ0v) is 34.1. The number of rotatable bonds is 20. The summed E-state index contributed by atoms with van der Waals surface area (Å²) in [4.78, 5) is 48.3. The van der Waals surface area contributed by atoms with E-state index < -0.39 is 0 Å². The lowest BCUT2D eigenvalue weighted by Gasteiger charge is -2.19. The Hall–Kier alpha value is -6.02. The van der Waals surface area contributed by atoms with E-state index in [2.05, 4.69) is 60.7 Å². The number of hydrogen-bond donors (Lipinski definition) is 0. The van der Waals surface area contributed by atoms with Crippen molar-refractivity contribution in [3.63, 3.8) is 0 Å². The van der Waals surface area contributed by atoms with Crippen LogP contribution in [0.2, 0.25) is 0 Å². The Morgan fingerprint density at radius 1 is 0.328 bits per heavy atom. The maximum atomic E-state index is 12.1. The van der Waals surface area contributed by atoms with Gasteiger partial charge in [0.15, 0.2) is 0 Å². The standard InChI is InChI=1S/C50H54O8/c1-5-9-47(51)55-31-35-13-21-39(22-14-35)43-29-45(41-25-17-37(18-26-41)33-57-49(53)11-7-3)46(42-27-19-38(20-28-42)34-58-50(54)12-8-4)30-44(43)40-23-15-36(16-24-40)32-56-48(52)10-6-2/h13-30H,5-12,31-34H2,1-4H3. The Morgan fingerprint density at radius 3 is 0.690 bits per heavy atom. The first kappa shape index (κ1) is 43.1. The highest BCUT2D eigenvalue weighted by Gasteiger charge is 2.18. The molecule has 0 radical (unpaired) electrons. The van der Waals surface area contributed by atoms with Crippen molar-refractivity contribution < 1.29 is 38.1 Å². The third kappa shape index (κ3) is 12.5. The molecule has 0 N–H and O–H groups in total. The van der Waals surface area contributed by atoms with E-state index in [1.54, 1.807) is 0 Å². The van der Waals surface area contributed by atoms with Gasteiger partial charge in [-0.15, -0.1) is 0 Å². The highest BCUT2D eigenvalue weighted by atomic mass is 16.5. The second kappa shape index (κ2) is 22.1. The first-order valence-corrected chi connectivity index (χ1v) is 20.4. The van der Waals surface area contributed by atoms with Gasteiger partial charge < -0.3 is 18.9 Å². The zero-order chi connectivity index (χ0) is 41.3. The van der Waals surface area contributed by atoms with Crippen molar-refractivity contribution in [3.8, 4) is 44.5 Å². The van der Waals surface area contributed by atoms with Crippen molar-refractivity contribution in [2.45, 2.75) is 105 Å². The third-order valence-corrected chi connectivity index (χ3v) is 9.63. The molecule has 8 nitrogen and oxygen atoms in total. The molecule has 0 saturated heterocycles. The molecule has 58 heavy (non-hydrogen) atoms. The Bertz CT molecular complexity index is 1810. The van der Waals surface area contributed by atoms with E-state index in [0.717, 1.165) is 92.4 Å². The van der Waals surface area contributed by atoms with E-state index in [-0.39, 0.29) is 50.3 Å². The van der Waals surface area contributed by atoms with Crippen LogP contribution in [-0.4, -0.2) is 23.9 Å². The minimum atomic E-state index is -0.214. The molecule has 0 aliphatic heterocycles. The molecule has 0 saturated carbocycles. The molecule has 0 unspecified atom stereocenters. The minimum Gasteiger partial charge on any atom is -0.461 e. The van der Waals surface area contributed by atoms with E-state index in [0.29, 0.717) is 25.7 Å². The summed E-state index contributed by atoms with van der Waals surface area (Å²) in [7, 11) is 0. The lowest BCUT2D eigenvalue weighted by molar-refractivity contribution is -0.145. The summed E-state index contributed by atoms with van der Waals surface area (Å²) < 4.78 is 21.9. The molecule has 302 valence electrons. The van der Waals surface area contributed by atoms with Gasteiger partial charge in [0.1, 0.15) is 26.4 Å². The molecule has 5 aromatic rings. The van der Waals surface area contributed by atoms with Crippen molar-refractivity contribution >= 4 is 23.9 Å². The Labute approximate surface area is 342 Å². The van der Waals surface area contributed by atoms with E-state index in [1.165, 1.54) is 0 Å². The number of hydrogen-bond acceptors (Lipinski definition) is 8. The first-order valence-electron chi connectivity index (χ1n) is 20.4. The summed E-state index contributed by atoms with van der Waals surface area (Å²) >= 11 is 0. The lowest BCUT2D eigenvalue weighted by atomic mass is 9.85. The molecule has 0 bridgehead atoms. The summed E-state index contributed by atoms with van der Waals surface area (Å²) in [6.07, 6.45) is 4.48. The van der Waals surface area contributed by atoms with Gasteiger partial charge in [-0.3, -0.25) is 19.2 Å². The molecule has 0 fully saturated rings. The van der Waals surface area contributed by atoms with Gasteiger partial charge in [0.25, 0.3) is 0 Å². The Kier molecular flexibility index (Phi) is 16.4. The number of esters is 4. The van der Waals surface area contributed by atoms with Crippen molar-refractivity contribution in [2.24, 2.45) is 0 Å². The van der Waals surface area contributed by atoms with E-state index in [9.17, 15) is 19.2 Å². The van der Waals surface area contributed by atoms with Crippen molar-refractivity contribution in [3.05, 3.63) is 131 Å². The van der Waals surface area contributed by atoms with Crippen LogP contribution in [-0.2, 0) is 64.6 Å². The van der Waals surface area contributed by atoms with Gasteiger partial charge in [-0.1, -0.05) is 125 Å². The van der Waals surface area contributed by atoms with Gasteiger partial charge in [-0.25, -0.2) is 0 Å². The van der Waals surface area contributed by atoms with Gasteiger partial charge in [0.05, 0.1) is 0 Å². The van der Waals surface area contributed by atoms with Crippen LogP contribution in [0.25, 0.3) is 44.5 Å². The lowest BCUT2D eigenvalue weighted by Crippen LogP contribution is -2.04. The summed E-state index contributed by atoms with van der Waals surface area (Å²) in [6, 6.07) is 36.7. The molecule has 0 atom stereocenters. The predicted octanol–water partition coefficient (Wildman–Crippen LogP) is 11.7. The third-order valence-electron chi connectivity index (χ3n) is 9.63. The second-order valence-electron chi connectivity index (χ2n) is 14.4. The van der Waals surface area contributed by atoms with Crippen LogP contribution < -0.4 is 0 Å².